The molecule has 0 spiro atoms. The van der Waals surface area contributed by atoms with E-state index in [-0.39, 0.29) is 5.91 Å². The number of hydrogen-bond acceptors (Lipinski definition) is 5. The van der Waals surface area contributed by atoms with Gasteiger partial charge in [0, 0.05) is 44.3 Å². The van der Waals surface area contributed by atoms with Crippen molar-refractivity contribution < 1.29 is 4.79 Å². The van der Waals surface area contributed by atoms with Crippen LogP contribution < -0.4 is 4.90 Å². The monoisotopic (exact) mass is 358 g/mol. The molecule has 25 heavy (non-hydrogen) atoms. The van der Waals surface area contributed by atoms with Crippen molar-refractivity contribution in [1.29, 1.82) is 0 Å². The van der Waals surface area contributed by atoms with Gasteiger partial charge < -0.3 is 9.80 Å². The fraction of sp³-hybridized carbons (Fsp3) is 0.421. The molecular formula is C19H26N4OS. The molecule has 0 bridgehead atoms. The Labute approximate surface area is 154 Å². The Morgan fingerprint density at radius 1 is 1.08 bits per heavy atom. The van der Waals surface area contributed by atoms with Gasteiger partial charge in [-0.25, -0.2) is 9.97 Å². The lowest BCUT2D eigenvalue weighted by atomic mass is 10.2. The number of carbonyl (C=O) groups is 1. The van der Waals surface area contributed by atoms with Crippen LogP contribution in [-0.2, 0) is 11.3 Å². The molecule has 1 aromatic carbocycles. The van der Waals surface area contributed by atoms with Gasteiger partial charge in [-0.3, -0.25) is 4.79 Å². The zero-order valence-electron chi connectivity index (χ0n) is 15.6. The molecule has 5 nitrogen and oxygen atoms in total. The summed E-state index contributed by atoms with van der Waals surface area (Å²) < 4.78 is 0. The average Bonchev–Trinajstić information content (AvgIpc) is 2.57. The summed E-state index contributed by atoms with van der Waals surface area (Å²) in [5.41, 5.74) is 4.14. The Bertz CT molecular complexity index is 696. The van der Waals surface area contributed by atoms with Gasteiger partial charge in [0.2, 0.25) is 5.91 Å². The van der Waals surface area contributed by atoms with Gasteiger partial charge in [-0.05, 0) is 44.5 Å². The van der Waals surface area contributed by atoms with Crippen molar-refractivity contribution in [3.05, 3.63) is 47.3 Å². The minimum atomic E-state index is 0.104. The lowest BCUT2D eigenvalue weighted by Gasteiger charge is -2.21. The summed E-state index contributed by atoms with van der Waals surface area (Å²) in [6.07, 6.45) is 0. The average molecular weight is 359 g/mol. The van der Waals surface area contributed by atoms with Crippen LogP contribution >= 0.6 is 11.8 Å². The van der Waals surface area contributed by atoms with E-state index < -0.39 is 0 Å². The molecule has 6 heteroatoms. The first kappa shape index (κ1) is 19.2. The molecule has 1 aromatic heterocycles. The first-order chi connectivity index (χ1) is 11.9. The number of anilines is 1. The minimum absolute atomic E-state index is 0.104. The zero-order valence-corrected chi connectivity index (χ0v) is 16.4. The van der Waals surface area contributed by atoms with E-state index in [0.29, 0.717) is 24.0 Å². The van der Waals surface area contributed by atoms with Crippen LogP contribution in [0.5, 0.6) is 0 Å². The van der Waals surface area contributed by atoms with E-state index in [1.54, 1.807) is 0 Å². The van der Waals surface area contributed by atoms with Gasteiger partial charge in [0.15, 0.2) is 5.16 Å². The number of hydrogen-bond donors (Lipinski definition) is 0. The van der Waals surface area contributed by atoms with Gasteiger partial charge in [0.05, 0.1) is 5.75 Å². The second-order valence-corrected chi connectivity index (χ2v) is 7.13. The molecule has 0 N–H and O–H groups in total. The molecule has 2 aromatic rings. The largest absolute Gasteiger partial charge is 0.378 e. The number of amides is 1. The predicted octanol–water partition coefficient (Wildman–Crippen LogP) is 3.30. The second kappa shape index (κ2) is 8.85. The molecule has 1 amide bonds. The molecule has 0 fully saturated rings. The molecule has 2 rings (SSSR count). The Morgan fingerprint density at radius 3 is 2.20 bits per heavy atom. The quantitative estimate of drug-likeness (QED) is 0.561. The molecular weight excluding hydrogens is 332 g/mol. The van der Waals surface area contributed by atoms with Gasteiger partial charge in [-0.2, -0.15) is 0 Å². The number of benzene rings is 1. The normalized spacial score (nSPS) is 10.6. The van der Waals surface area contributed by atoms with Crippen molar-refractivity contribution in [2.75, 3.05) is 31.3 Å². The summed E-state index contributed by atoms with van der Waals surface area (Å²) in [7, 11) is 4.03. The molecule has 0 unspecified atom stereocenters. The third-order valence-corrected chi connectivity index (χ3v) is 4.68. The highest BCUT2D eigenvalue weighted by Crippen LogP contribution is 2.17. The summed E-state index contributed by atoms with van der Waals surface area (Å²) in [6.45, 7) is 7.19. The van der Waals surface area contributed by atoms with Crippen LogP contribution in [0.2, 0.25) is 0 Å². The molecule has 0 saturated heterocycles. The van der Waals surface area contributed by atoms with Crippen molar-refractivity contribution in [1.82, 2.24) is 14.9 Å². The molecule has 1 heterocycles. The molecule has 0 radical (unpaired) electrons. The third-order valence-electron chi connectivity index (χ3n) is 3.85. The topological polar surface area (TPSA) is 49.3 Å². The van der Waals surface area contributed by atoms with E-state index in [9.17, 15) is 4.79 Å². The molecule has 0 aliphatic rings. The predicted molar refractivity (Wildman–Crippen MR) is 104 cm³/mol. The van der Waals surface area contributed by atoms with E-state index in [1.165, 1.54) is 11.8 Å². The maximum Gasteiger partial charge on any atom is 0.233 e. The number of nitrogens with zero attached hydrogens (tertiary/aromatic N) is 4. The van der Waals surface area contributed by atoms with Gasteiger partial charge in [0.25, 0.3) is 0 Å². The highest BCUT2D eigenvalue weighted by Gasteiger charge is 2.14. The standard InChI is InChI=1S/C19H26N4OS/c1-6-23(12-16-7-9-17(10-8-16)22(4)5)18(24)13-25-19-20-14(2)11-15(3)21-19/h7-11H,6,12-13H2,1-5H3. The first-order valence-electron chi connectivity index (χ1n) is 8.38. The smallest absolute Gasteiger partial charge is 0.233 e. The van der Waals surface area contributed by atoms with Crippen LogP contribution in [0.4, 0.5) is 5.69 Å². The fourth-order valence-corrected chi connectivity index (χ4v) is 3.32. The van der Waals surface area contributed by atoms with Gasteiger partial charge >= 0.3 is 0 Å². The Kier molecular flexibility index (Phi) is 6.82. The number of aromatic nitrogens is 2. The fourth-order valence-electron chi connectivity index (χ4n) is 2.47. The van der Waals surface area contributed by atoms with E-state index in [0.717, 1.165) is 22.6 Å². The summed E-state index contributed by atoms with van der Waals surface area (Å²) in [5, 5.41) is 0.664. The Balaban J connectivity index is 1.95. The highest BCUT2D eigenvalue weighted by atomic mass is 32.2. The summed E-state index contributed by atoms with van der Waals surface area (Å²) in [5.74, 6) is 0.457. The van der Waals surface area contributed by atoms with E-state index in [2.05, 4.69) is 39.1 Å². The zero-order chi connectivity index (χ0) is 18.4. The van der Waals surface area contributed by atoms with Crippen LogP contribution in [-0.4, -0.2) is 47.2 Å². The highest BCUT2D eigenvalue weighted by molar-refractivity contribution is 7.99. The second-order valence-electron chi connectivity index (χ2n) is 6.19. The van der Waals surface area contributed by atoms with Crippen LogP contribution in [0.25, 0.3) is 0 Å². The van der Waals surface area contributed by atoms with Crippen LogP contribution in [0.3, 0.4) is 0 Å². The lowest BCUT2D eigenvalue weighted by Crippen LogP contribution is -2.31. The maximum absolute atomic E-state index is 12.5. The lowest BCUT2D eigenvalue weighted by molar-refractivity contribution is -0.128. The Hall–Kier alpha value is -2.08. The Morgan fingerprint density at radius 2 is 1.68 bits per heavy atom. The third kappa shape index (κ3) is 5.74. The minimum Gasteiger partial charge on any atom is -0.378 e. The number of rotatable bonds is 7. The first-order valence-corrected chi connectivity index (χ1v) is 9.36. The number of carbonyl (C=O) groups excluding carboxylic acids is 1. The molecule has 0 aliphatic carbocycles. The van der Waals surface area contributed by atoms with Crippen molar-refractivity contribution >= 4 is 23.4 Å². The summed E-state index contributed by atoms with van der Waals surface area (Å²) >= 11 is 1.40. The number of thioether (sulfide) groups is 1. The van der Waals surface area contributed by atoms with Gasteiger partial charge in [-0.1, -0.05) is 23.9 Å². The van der Waals surface area contributed by atoms with Crippen molar-refractivity contribution in [3.8, 4) is 0 Å². The van der Waals surface area contributed by atoms with Gasteiger partial charge in [-0.15, -0.1) is 0 Å². The molecule has 0 atom stereocenters. The van der Waals surface area contributed by atoms with E-state index in [4.69, 9.17) is 0 Å². The van der Waals surface area contributed by atoms with Crippen molar-refractivity contribution in [2.24, 2.45) is 0 Å². The summed E-state index contributed by atoms with van der Waals surface area (Å²) in [6, 6.07) is 10.2. The summed E-state index contributed by atoms with van der Waals surface area (Å²) in [4.78, 5) is 25.2. The van der Waals surface area contributed by atoms with Crippen molar-refractivity contribution in [3.63, 3.8) is 0 Å². The van der Waals surface area contributed by atoms with E-state index in [1.807, 2.05) is 45.8 Å². The molecule has 0 aliphatic heterocycles. The van der Waals surface area contributed by atoms with Gasteiger partial charge in [0.1, 0.15) is 0 Å². The van der Waals surface area contributed by atoms with Crippen LogP contribution in [0, 0.1) is 13.8 Å². The SMILES string of the molecule is CCN(Cc1ccc(N(C)C)cc1)C(=O)CSc1nc(C)cc(C)n1. The van der Waals surface area contributed by atoms with Crippen LogP contribution in [0.15, 0.2) is 35.5 Å². The van der Waals surface area contributed by atoms with E-state index >= 15 is 0 Å². The van der Waals surface area contributed by atoms with Crippen LogP contribution in [0.1, 0.15) is 23.9 Å². The molecule has 134 valence electrons. The van der Waals surface area contributed by atoms with Crippen molar-refractivity contribution in [2.45, 2.75) is 32.5 Å². The maximum atomic E-state index is 12.5. The molecule has 0 saturated carbocycles. The number of aryl methyl sites for hydroxylation is 2.